The molecule has 2 nitrogen and oxygen atoms in total. The number of hydrogen-bond donors (Lipinski definition) is 0. The summed E-state index contributed by atoms with van der Waals surface area (Å²) in [6.45, 7) is 36.2. The van der Waals surface area contributed by atoms with Crippen LogP contribution < -0.4 is 0 Å². The molecule has 0 bridgehead atoms. The Morgan fingerprint density at radius 1 is 0.583 bits per heavy atom. The monoisotopic (exact) mass is 336 g/mol. The predicted molar refractivity (Wildman–Crippen MR) is 109 cm³/mol. The average Bonchev–Trinajstić information content (AvgIpc) is 2.41. The Bertz CT molecular complexity index is 382. The van der Waals surface area contributed by atoms with E-state index in [1.807, 2.05) is 0 Å². The number of hydrogen-bond acceptors (Lipinski definition) is 0. The topological polar surface area (TPSA) is 6.02 Å². The Hall–Kier alpha value is -0.920. The maximum absolute atomic E-state index is 4.49. The molecule has 0 aliphatic heterocycles. The van der Waals surface area contributed by atoms with Crippen molar-refractivity contribution in [3.8, 4) is 0 Å². The zero-order chi connectivity index (χ0) is 19.4. The summed E-state index contributed by atoms with van der Waals surface area (Å²) in [5.41, 5.74) is 0.106. The quantitative estimate of drug-likeness (QED) is 0.279. The molecule has 0 spiro atoms. The van der Waals surface area contributed by atoms with Crippen LogP contribution in [0.1, 0.15) is 94.9 Å². The SMILES string of the molecule is C=[N+]([CH-]C(C)(C)C)C(CC)(CC)C(CC)(CC)[N+](=C)[CH-]C(C)(C)C. The fraction of sp³-hybridized carbons (Fsp3) is 0.818. The van der Waals surface area contributed by atoms with Crippen molar-refractivity contribution in [1.29, 1.82) is 0 Å². The first kappa shape index (κ1) is 23.1. The van der Waals surface area contributed by atoms with E-state index < -0.39 is 0 Å². The highest BCUT2D eigenvalue weighted by molar-refractivity contribution is 5.21. The molecule has 0 N–H and O–H groups in total. The summed E-state index contributed by atoms with van der Waals surface area (Å²) in [6, 6.07) is 0. The second-order valence-corrected chi connectivity index (χ2v) is 9.41. The molecule has 0 aromatic carbocycles. The van der Waals surface area contributed by atoms with Gasteiger partial charge in [-0.05, 0) is 24.3 Å². The molecular weight excluding hydrogens is 292 g/mol. The van der Waals surface area contributed by atoms with Crippen LogP contribution in [0.5, 0.6) is 0 Å². The van der Waals surface area contributed by atoms with Gasteiger partial charge in [0.05, 0.1) is 0 Å². The van der Waals surface area contributed by atoms with E-state index in [0.717, 1.165) is 25.7 Å². The van der Waals surface area contributed by atoms with Crippen LogP contribution in [0.15, 0.2) is 0 Å². The molecule has 0 aliphatic carbocycles. The van der Waals surface area contributed by atoms with E-state index in [1.54, 1.807) is 0 Å². The van der Waals surface area contributed by atoms with Crippen LogP contribution in [0.3, 0.4) is 0 Å². The first-order chi connectivity index (χ1) is 10.7. The van der Waals surface area contributed by atoms with Crippen molar-refractivity contribution in [1.82, 2.24) is 0 Å². The lowest BCUT2D eigenvalue weighted by Gasteiger charge is -2.50. The minimum atomic E-state index is -0.0483. The van der Waals surface area contributed by atoms with Crippen LogP contribution in [0, 0.1) is 23.9 Å². The molecule has 0 unspecified atom stereocenters. The van der Waals surface area contributed by atoms with Gasteiger partial charge in [0.1, 0.15) is 0 Å². The van der Waals surface area contributed by atoms with Gasteiger partial charge in [-0.15, -0.1) is 0 Å². The molecule has 0 heterocycles. The van der Waals surface area contributed by atoms with Crippen molar-refractivity contribution in [3.05, 3.63) is 13.1 Å². The van der Waals surface area contributed by atoms with Crippen molar-refractivity contribution < 1.29 is 9.15 Å². The summed E-state index contributed by atoms with van der Waals surface area (Å²) in [5, 5.41) is 0. The fourth-order valence-corrected chi connectivity index (χ4v) is 4.35. The molecule has 2 heteroatoms. The van der Waals surface area contributed by atoms with Gasteiger partial charge in [0.25, 0.3) is 0 Å². The van der Waals surface area contributed by atoms with Crippen LogP contribution >= 0.6 is 0 Å². The largest absolute Gasteiger partial charge is 0.361 e. The molecule has 0 aliphatic rings. The minimum Gasteiger partial charge on any atom is -0.361 e. The Kier molecular flexibility index (Phi) is 7.67. The van der Waals surface area contributed by atoms with Gasteiger partial charge in [-0.3, -0.25) is 0 Å². The molecular formula is C22H44N2. The number of nitrogens with zero attached hydrogens (tertiary/aromatic N) is 2. The van der Waals surface area contributed by atoms with Crippen molar-refractivity contribution in [2.75, 3.05) is 0 Å². The molecule has 0 aromatic rings. The third-order valence-corrected chi connectivity index (χ3v) is 5.39. The first-order valence-corrected chi connectivity index (χ1v) is 9.67. The summed E-state index contributed by atoms with van der Waals surface area (Å²) in [5.74, 6) is 0. The lowest BCUT2D eigenvalue weighted by atomic mass is 9.67. The summed E-state index contributed by atoms with van der Waals surface area (Å²) < 4.78 is 4.52. The maximum Gasteiger partial charge on any atom is 0.196 e. The normalized spacial score (nSPS) is 13.6. The highest BCUT2D eigenvalue weighted by Crippen LogP contribution is 2.43. The van der Waals surface area contributed by atoms with Crippen LogP contribution in [-0.2, 0) is 0 Å². The second kappa shape index (κ2) is 7.97. The predicted octanol–water partition coefficient (Wildman–Crippen LogP) is 5.95. The Labute approximate surface area is 153 Å². The molecule has 0 saturated carbocycles. The third kappa shape index (κ3) is 4.80. The highest BCUT2D eigenvalue weighted by atomic mass is 15.2. The van der Waals surface area contributed by atoms with Gasteiger partial charge in [0.2, 0.25) is 0 Å². The molecule has 0 radical (unpaired) electrons. The van der Waals surface area contributed by atoms with Gasteiger partial charge in [-0.2, -0.15) is 0 Å². The Morgan fingerprint density at radius 3 is 0.917 bits per heavy atom. The van der Waals surface area contributed by atoms with Crippen LogP contribution in [0.25, 0.3) is 0 Å². The van der Waals surface area contributed by atoms with E-state index in [1.165, 1.54) is 0 Å². The highest BCUT2D eigenvalue weighted by Gasteiger charge is 2.58. The van der Waals surface area contributed by atoms with Crippen LogP contribution in [0.4, 0.5) is 0 Å². The van der Waals surface area contributed by atoms with Crippen molar-refractivity contribution >= 4 is 13.4 Å². The zero-order valence-electron chi connectivity index (χ0n) is 18.3. The van der Waals surface area contributed by atoms with Crippen molar-refractivity contribution in [3.63, 3.8) is 0 Å². The van der Waals surface area contributed by atoms with E-state index in [4.69, 9.17) is 0 Å². The van der Waals surface area contributed by atoms with Crippen molar-refractivity contribution in [2.24, 2.45) is 10.8 Å². The van der Waals surface area contributed by atoms with E-state index >= 15 is 0 Å². The van der Waals surface area contributed by atoms with E-state index in [9.17, 15) is 0 Å². The second-order valence-electron chi connectivity index (χ2n) is 9.41. The summed E-state index contributed by atoms with van der Waals surface area (Å²) in [7, 11) is 0. The van der Waals surface area contributed by atoms with Gasteiger partial charge in [-0.1, -0.05) is 69.2 Å². The van der Waals surface area contributed by atoms with Gasteiger partial charge >= 0.3 is 0 Å². The molecule has 0 atom stereocenters. The lowest BCUT2D eigenvalue weighted by molar-refractivity contribution is -0.692. The van der Waals surface area contributed by atoms with E-state index in [-0.39, 0.29) is 21.9 Å². The standard InChI is InChI=1S/C22H44N2/c1-13-21(14-2,23(11)17-19(5,6)7)22(15-3,16-4)24(12)18-20(8,9)10/h17-18H,11-16H2,1-10H3. The smallest absolute Gasteiger partial charge is 0.196 e. The van der Waals surface area contributed by atoms with Crippen LogP contribution in [0.2, 0.25) is 0 Å². The average molecular weight is 337 g/mol. The van der Waals surface area contributed by atoms with Gasteiger partial charge in [-0.25, -0.2) is 0 Å². The fourth-order valence-electron chi connectivity index (χ4n) is 4.35. The van der Waals surface area contributed by atoms with E-state index in [2.05, 4.69) is 105 Å². The molecule has 142 valence electrons. The van der Waals surface area contributed by atoms with Gasteiger partial charge < -0.3 is 9.15 Å². The summed E-state index contributed by atoms with van der Waals surface area (Å²) >= 11 is 0. The minimum absolute atomic E-state index is 0.0483. The van der Waals surface area contributed by atoms with E-state index in [0.29, 0.717) is 0 Å². The molecule has 0 rings (SSSR count). The number of rotatable bonds is 9. The summed E-state index contributed by atoms with van der Waals surface area (Å²) in [6.07, 6.45) is 4.19. The molecule has 0 fully saturated rings. The Morgan fingerprint density at radius 2 is 0.792 bits per heavy atom. The van der Waals surface area contributed by atoms with Gasteiger partial charge in [0, 0.05) is 38.8 Å². The maximum atomic E-state index is 4.49. The Balaban J connectivity index is 6.17. The third-order valence-electron chi connectivity index (χ3n) is 5.39. The van der Waals surface area contributed by atoms with Crippen LogP contribution in [-0.4, -0.2) is 33.7 Å². The zero-order valence-corrected chi connectivity index (χ0v) is 18.3. The first-order valence-electron chi connectivity index (χ1n) is 9.67. The van der Waals surface area contributed by atoms with Crippen molar-refractivity contribution in [2.45, 2.75) is 106 Å². The van der Waals surface area contributed by atoms with Gasteiger partial charge in [0.15, 0.2) is 11.1 Å². The summed E-state index contributed by atoms with van der Waals surface area (Å²) in [4.78, 5) is 0. The molecule has 0 aromatic heterocycles. The molecule has 0 saturated heterocycles. The molecule has 24 heavy (non-hydrogen) atoms. The molecule has 0 amide bonds. The lowest BCUT2D eigenvalue weighted by Crippen LogP contribution is -2.64.